The van der Waals surface area contributed by atoms with Crippen molar-refractivity contribution in [1.82, 2.24) is 4.90 Å². The minimum atomic E-state index is -3.89. The normalized spacial score (nSPS) is 15.9. The molecule has 1 atom stereocenters. The Morgan fingerprint density at radius 2 is 1.75 bits per heavy atom. The Labute approximate surface area is 188 Å². The van der Waals surface area contributed by atoms with Crippen LogP contribution < -0.4 is 14.8 Å². The van der Waals surface area contributed by atoms with E-state index in [0.29, 0.717) is 30.1 Å². The van der Waals surface area contributed by atoms with Gasteiger partial charge in [0.25, 0.3) is 15.9 Å². The number of carbonyl (C=O) groups excluding carboxylic acids is 1. The molecule has 166 valence electrons. The SMILES string of the molecule is COc1ccccc1NS(=O)(=O)c1cccc(C(=O)N2CCC(Nc3ccccc3)C2)c1. The summed E-state index contributed by atoms with van der Waals surface area (Å²) in [6, 6.07) is 22.9. The van der Waals surface area contributed by atoms with Gasteiger partial charge in [0, 0.05) is 30.4 Å². The summed E-state index contributed by atoms with van der Waals surface area (Å²) in [5, 5.41) is 3.44. The third-order valence-corrected chi connectivity index (χ3v) is 6.73. The number of para-hydroxylation sites is 3. The van der Waals surface area contributed by atoms with Gasteiger partial charge in [-0.15, -0.1) is 0 Å². The van der Waals surface area contributed by atoms with Gasteiger partial charge in [-0.1, -0.05) is 36.4 Å². The maximum absolute atomic E-state index is 13.0. The summed E-state index contributed by atoms with van der Waals surface area (Å²) in [4.78, 5) is 14.8. The molecule has 1 aliphatic rings. The highest BCUT2D eigenvalue weighted by Crippen LogP contribution is 2.27. The van der Waals surface area contributed by atoms with E-state index in [9.17, 15) is 13.2 Å². The number of carbonyl (C=O) groups is 1. The average Bonchev–Trinajstić information content (AvgIpc) is 3.28. The van der Waals surface area contributed by atoms with Crippen LogP contribution in [0.5, 0.6) is 5.75 Å². The van der Waals surface area contributed by atoms with Crippen molar-refractivity contribution in [1.29, 1.82) is 0 Å². The first-order valence-electron chi connectivity index (χ1n) is 10.3. The van der Waals surface area contributed by atoms with Gasteiger partial charge in [0.15, 0.2) is 0 Å². The number of rotatable bonds is 7. The maximum Gasteiger partial charge on any atom is 0.262 e. The lowest BCUT2D eigenvalue weighted by molar-refractivity contribution is 0.0791. The van der Waals surface area contributed by atoms with E-state index in [1.807, 2.05) is 30.3 Å². The van der Waals surface area contributed by atoms with Crippen LogP contribution in [0.2, 0.25) is 0 Å². The van der Waals surface area contributed by atoms with E-state index in [2.05, 4.69) is 10.0 Å². The molecule has 0 radical (unpaired) electrons. The number of hydrogen-bond acceptors (Lipinski definition) is 5. The Balaban J connectivity index is 1.47. The van der Waals surface area contributed by atoms with Gasteiger partial charge in [0.05, 0.1) is 17.7 Å². The molecular formula is C24H25N3O4S. The van der Waals surface area contributed by atoms with Crippen LogP contribution in [0.3, 0.4) is 0 Å². The summed E-state index contributed by atoms with van der Waals surface area (Å²) in [6.45, 7) is 1.17. The lowest BCUT2D eigenvalue weighted by Gasteiger charge is -2.18. The zero-order chi connectivity index (χ0) is 22.6. The van der Waals surface area contributed by atoms with Gasteiger partial charge in [0.2, 0.25) is 0 Å². The van der Waals surface area contributed by atoms with Crippen LogP contribution in [0.4, 0.5) is 11.4 Å². The average molecular weight is 452 g/mol. The molecule has 4 rings (SSSR count). The second-order valence-electron chi connectivity index (χ2n) is 7.58. The Morgan fingerprint density at radius 3 is 2.53 bits per heavy atom. The van der Waals surface area contributed by atoms with Crippen molar-refractivity contribution in [3.05, 3.63) is 84.4 Å². The zero-order valence-corrected chi connectivity index (χ0v) is 18.5. The fourth-order valence-corrected chi connectivity index (χ4v) is 4.86. The fraction of sp³-hybridized carbons (Fsp3) is 0.208. The largest absolute Gasteiger partial charge is 0.495 e. The van der Waals surface area contributed by atoms with Crippen LogP contribution >= 0.6 is 0 Å². The highest BCUT2D eigenvalue weighted by molar-refractivity contribution is 7.92. The molecule has 0 aliphatic carbocycles. The second-order valence-corrected chi connectivity index (χ2v) is 9.26. The molecule has 1 amide bonds. The smallest absolute Gasteiger partial charge is 0.262 e. The van der Waals surface area contributed by atoms with Crippen molar-refractivity contribution in [3.63, 3.8) is 0 Å². The number of ether oxygens (including phenoxy) is 1. The third kappa shape index (κ3) is 4.86. The number of anilines is 2. The molecule has 0 spiro atoms. The quantitative estimate of drug-likeness (QED) is 0.570. The highest BCUT2D eigenvalue weighted by atomic mass is 32.2. The Hall–Kier alpha value is -3.52. The van der Waals surface area contributed by atoms with Crippen LogP contribution in [0, 0.1) is 0 Å². The number of benzene rings is 3. The lowest BCUT2D eigenvalue weighted by atomic mass is 10.2. The Bertz CT molecular complexity index is 1200. The standard InChI is InChI=1S/C24H25N3O4S/c1-31-23-13-6-5-12-22(23)26-32(29,30)21-11-7-8-18(16-21)24(28)27-15-14-20(17-27)25-19-9-3-2-4-10-19/h2-13,16,20,25-26H,14-15,17H2,1H3. The van der Waals surface area contributed by atoms with Crippen LogP contribution in [-0.2, 0) is 10.0 Å². The second kappa shape index (κ2) is 9.32. The van der Waals surface area contributed by atoms with Crippen molar-refractivity contribution in [2.24, 2.45) is 0 Å². The van der Waals surface area contributed by atoms with E-state index in [1.54, 1.807) is 41.3 Å². The predicted octanol–water partition coefficient (Wildman–Crippen LogP) is 3.82. The summed E-state index contributed by atoms with van der Waals surface area (Å²) in [5.74, 6) is 0.231. The summed E-state index contributed by atoms with van der Waals surface area (Å²) in [7, 11) is -2.42. The molecule has 8 heteroatoms. The summed E-state index contributed by atoms with van der Waals surface area (Å²) in [5.41, 5.74) is 1.69. The monoisotopic (exact) mass is 451 g/mol. The van der Waals surface area contributed by atoms with Crippen LogP contribution in [-0.4, -0.2) is 45.5 Å². The van der Waals surface area contributed by atoms with Crippen molar-refractivity contribution in [3.8, 4) is 5.75 Å². The Kier molecular flexibility index (Phi) is 6.32. The number of sulfonamides is 1. The molecule has 7 nitrogen and oxygen atoms in total. The minimum Gasteiger partial charge on any atom is -0.495 e. The van der Waals surface area contributed by atoms with Gasteiger partial charge < -0.3 is 15.0 Å². The number of likely N-dealkylation sites (tertiary alicyclic amines) is 1. The van der Waals surface area contributed by atoms with Crippen LogP contribution in [0.25, 0.3) is 0 Å². The topological polar surface area (TPSA) is 87.7 Å². The first kappa shape index (κ1) is 21.7. The summed E-state index contributed by atoms with van der Waals surface area (Å²) >= 11 is 0. The molecule has 0 aromatic heterocycles. The van der Waals surface area contributed by atoms with Crippen molar-refractivity contribution in [2.75, 3.05) is 30.2 Å². The number of hydrogen-bond donors (Lipinski definition) is 2. The lowest BCUT2D eigenvalue weighted by Crippen LogP contribution is -2.31. The molecule has 32 heavy (non-hydrogen) atoms. The van der Waals surface area contributed by atoms with E-state index in [-0.39, 0.29) is 16.8 Å². The number of amides is 1. The minimum absolute atomic E-state index is 0.0208. The van der Waals surface area contributed by atoms with E-state index in [0.717, 1.165) is 12.1 Å². The van der Waals surface area contributed by atoms with E-state index in [1.165, 1.54) is 19.2 Å². The molecule has 1 aliphatic heterocycles. The molecule has 3 aromatic rings. The molecular weight excluding hydrogens is 426 g/mol. The molecule has 1 fully saturated rings. The Morgan fingerprint density at radius 1 is 1.00 bits per heavy atom. The first-order valence-corrected chi connectivity index (χ1v) is 11.8. The molecule has 0 bridgehead atoms. The molecule has 1 heterocycles. The van der Waals surface area contributed by atoms with E-state index >= 15 is 0 Å². The molecule has 0 saturated carbocycles. The fourth-order valence-electron chi connectivity index (χ4n) is 3.74. The van der Waals surface area contributed by atoms with Gasteiger partial charge in [-0.3, -0.25) is 9.52 Å². The van der Waals surface area contributed by atoms with Crippen molar-refractivity contribution in [2.45, 2.75) is 17.4 Å². The predicted molar refractivity (Wildman–Crippen MR) is 125 cm³/mol. The van der Waals surface area contributed by atoms with E-state index in [4.69, 9.17) is 4.74 Å². The third-order valence-electron chi connectivity index (χ3n) is 5.36. The van der Waals surface area contributed by atoms with Gasteiger partial charge in [-0.25, -0.2) is 8.42 Å². The van der Waals surface area contributed by atoms with Crippen LogP contribution in [0.1, 0.15) is 16.8 Å². The number of nitrogens with one attached hydrogen (secondary N) is 2. The van der Waals surface area contributed by atoms with Crippen molar-refractivity contribution >= 4 is 27.3 Å². The van der Waals surface area contributed by atoms with E-state index < -0.39 is 10.0 Å². The summed E-state index contributed by atoms with van der Waals surface area (Å²) < 4.78 is 33.6. The molecule has 2 N–H and O–H groups in total. The van der Waals surface area contributed by atoms with Gasteiger partial charge in [-0.2, -0.15) is 0 Å². The highest BCUT2D eigenvalue weighted by Gasteiger charge is 2.28. The number of methoxy groups -OCH3 is 1. The number of nitrogens with zero attached hydrogens (tertiary/aromatic N) is 1. The first-order chi connectivity index (χ1) is 15.5. The van der Waals surface area contributed by atoms with Crippen LogP contribution in [0.15, 0.2) is 83.8 Å². The van der Waals surface area contributed by atoms with Gasteiger partial charge >= 0.3 is 0 Å². The van der Waals surface area contributed by atoms with Gasteiger partial charge in [0.1, 0.15) is 5.75 Å². The molecule has 1 saturated heterocycles. The molecule has 1 unspecified atom stereocenters. The summed E-state index contributed by atoms with van der Waals surface area (Å²) in [6.07, 6.45) is 0.827. The zero-order valence-electron chi connectivity index (χ0n) is 17.7. The maximum atomic E-state index is 13.0. The van der Waals surface area contributed by atoms with Gasteiger partial charge in [-0.05, 0) is 48.9 Å². The van der Waals surface area contributed by atoms with Crippen molar-refractivity contribution < 1.29 is 17.9 Å². The molecule has 3 aromatic carbocycles.